The second-order valence-corrected chi connectivity index (χ2v) is 6.73. The van der Waals surface area contributed by atoms with Gasteiger partial charge in [0.15, 0.2) is 0 Å². The molecule has 1 aromatic heterocycles. The van der Waals surface area contributed by atoms with E-state index in [4.69, 9.17) is 10.2 Å². The van der Waals surface area contributed by atoms with Gasteiger partial charge < -0.3 is 15.5 Å². The van der Waals surface area contributed by atoms with E-state index in [-0.39, 0.29) is 16.8 Å². The van der Waals surface area contributed by atoms with Gasteiger partial charge in [0, 0.05) is 12.2 Å². The Bertz CT molecular complexity index is 1300. The van der Waals surface area contributed by atoms with Gasteiger partial charge in [0.1, 0.15) is 5.82 Å². The molecule has 0 saturated heterocycles. The fourth-order valence-electron chi connectivity index (χ4n) is 3.34. The number of hydrogen-bond acceptors (Lipinski definition) is 5. The maximum absolute atomic E-state index is 12.8. The second-order valence-electron chi connectivity index (χ2n) is 6.73. The molecule has 0 saturated carbocycles. The summed E-state index contributed by atoms with van der Waals surface area (Å²) in [6, 6.07) is 10.8. The van der Waals surface area contributed by atoms with Crippen LogP contribution in [0.1, 0.15) is 28.2 Å². The topological polar surface area (TPSA) is 139 Å². The standard InChI is InChI=1S/C21H15N3O6/c25-18(21(29)30)22-14-5-6-15-16(10-14)23-17-13(7-8-24(17)19(15)26)9-11-1-3-12(4-2-11)20(27)28/h1-6,9-10H,7-8H2,(H,22,25)(H,27,28)(H,29,30). The zero-order chi connectivity index (χ0) is 21.4. The van der Waals surface area contributed by atoms with E-state index in [9.17, 15) is 19.2 Å². The number of aromatic nitrogens is 2. The van der Waals surface area contributed by atoms with Crippen molar-refractivity contribution in [2.24, 2.45) is 0 Å². The Morgan fingerprint density at radius 3 is 2.47 bits per heavy atom. The average molecular weight is 405 g/mol. The van der Waals surface area contributed by atoms with Crippen molar-refractivity contribution in [3.63, 3.8) is 0 Å². The number of fused-ring (bicyclic) bond motifs is 2. The Labute approximate surface area is 168 Å². The van der Waals surface area contributed by atoms with Crippen LogP contribution in [-0.2, 0) is 16.1 Å². The van der Waals surface area contributed by atoms with E-state index in [1.807, 2.05) is 6.08 Å². The summed E-state index contributed by atoms with van der Waals surface area (Å²) < 4.78 is 1.56. The van der Waals surface area contributed by atoms with Crippen molar-refractivity contribution in [3.05, 3.63) is 69.8 Å². The summed E-state index contributed by atoms with van der Waals surface area (Å²) in [4.78, 5) is 50.5. The number of carboxylic acids is 2. The van der Waals surface area contributed by atoms with Gasteiger partial charge in [-0.15, -0.1) is 0 Å². The summed E-state index contributed by atoms with van der Waals surface area (Å²) in [7, 11) is 0. The van der Waals surface area contributed by atoms with Crippen LogP contribution in [-0.4, -0.2) is 37.6 Å². The van der Waals surface area contributed by atoms with E-state index < -0.39 is 17.8 Å². The maximum Gasteiger partial charge on any atom is 0.394 e. The van der Waals surface area contributed by atoms with Gasteiger partial charge in [-0.2, -0.15) is 0 Å². The fourth-order valence-corrected chi connectivity index (χ4v) is 3.34. The van der Waals surface area contributed by atoms with Crippen LogP contribution in [0, 0.1) is 0 Å². The highest BCUT2D eigenvalue weighted by molar-refractivity contribution is 6.36. The molecule has 9 nitrogen and oxygen atoms in total. The van der Waals surface area contributed by atoms with Gasteiger partial charge in [-0.1, -0.05) is 12.1 Å². The highest BCUT2D eigenvalue weighted by atomic mass is 16.4. The Morgan fingerprint density at radius 2 is 1.80 bits per heavy atom. The number of hydrogen-bond donors (Lipinski definition) is 3. The molecule has 0 aliphatic carbocycles. The molecule has 0 radical (unpaired) electrons. The second kappa shape index (κ2) is 7.28. The molecule has 2 aromatic carbocycles. The summed E-state index contributed by atoms with van der Waals surface area (Å²) in [5.41, 5.74) is 2.11. The molecule has 30 heavy (non-hydrogen) atoms. The van der Waals surface area contributed by atoms with Crippen molar-refractivity contribution in [1.82, 2.24) is 9.55 Å². The van der Waals surface area contributed by atoms with Gasteiger partial charge >= 0.3 is 17.8 Å². The minimum Gasteiger partial charge on any atom is -0.478 e. The molecule has 0 atom stereocenters. The number of carboxylic acid groups (broad SMARTS) is 2. The van der Waals surface area contributed by atoms with E-state index in [1.54, 1.807) is 16.7 Å². The van der Waals surface area contributed by atoms with Gasteiger partial charge in [0.2, 0.25) is 0 Å². The predicted octanol–water partition coefficient (Wildman–Crippen LogP) is 2.06. The predicted molar refractivity (Wildman–Crippen MR) is 108 cm³/mol. The van der Waals surface area contributed by atoms with Crippen LogP contribution in [0.25, 0.3) is 22.6 Å². The number of amides is 1. The molecular weight excluding hydrogens is 390 g/mol. The third-order valence-corrected chi connectivity index (χ3v) is 4.80. The highest BCUT2D eigenvalue weighted by Gasteiger charge is 2.21. The molecule has 1 amide bonds. The minimum atomic E-state index is -1.61. The fraction of sp³-hybridized carbons (Fsp3) is 0.0952. The average Bonchev–Trinajstić information content (AvgIpc) is 3.11. The number of rotatable bonds is 3. The Morgan fingerprint density at radius 1 is 1.07 bits per heavy atom. The summed E-state index contributed by atoms with van der Waals surface area (Å²) in [6.07, 6.45) is 2.43. The lowest BCUT2D eigenvalue weighted by molar-refractivity contribution is -0.147. The maximum atomic E-state index is 12.8. The first-order chi connectivity index (χ1) is 14.3. The van der Waals surface area contributed by atoms with E-state index in [1.165, 1.54) is 30.3 Å². The van der Waals surface area contributed by atoms with E-state index in [2.05, 4.69) is 10.3 Å². The van der Waals surface area contributed by atoms with E-state index in [0.717, 1.165) is 11.1 Å². The van der Waals surface area contributed by atoms with Crippen LogP contribution in [0.2, 0.25) is 0 Å². The van der Waals surface area contributed by atoms with Crippen LogP contribution in [0.5, 0.6) is 0 Å². The number of anilines is 1. The quantitative estimate of drug-likeness (QED) is 0.567. The number of aromatic carboxylic acids is 1. The number of nitrogens with zero attached hydrogens (tertiary/aromatic N) is 2. The molecule has 4 rings (SSSR count). The summed E-state index contributed by atoms with van der Waals surface area (Å²) >= 11 is 0. The molecule has 3 N–H and O–H groups in total. The number of aliphatic carboxylic acids is 1. The molecule has 0 fully saturated rings. The first kappa shape index (κ1) is 19.1. The number of carbonyl (C=O) groups excluding carboxylic acids is 1. The molecule has 3 aromatic rings. The summed E-state index contributed by atoms with van der Waals surface area (Å²) in [6.45, 7) is 0.466. The normalized spacial score (nSPS) is 13.9. The molecule has 9 heteroatoms. The van der Waals surface area contributed by atoms with Crippen molar-refractivity contribution in [2.45, 2.75) is 13.0 Å². The Balaban J connectivity index is 1.75. The number of nitrogens with one attached hydrogen (secondary N) is 1. The molecule has 0 spiro atoms. The monoisotopic (exact) mass is 405 g/mol. The van der Waals surface area contributed by atoms with Gasteiger partial charge in [0.05, 0.1) is 16.5 Å². The van der Waals surface area contributed by atoms with Gasteiger partial charge in [-0.3, -0.25) is 14.2 Å². The van der Waals surface area contributed by atoms with Crippen molar-refractivity contribution >= 4 is 46.1 Å². The minimum absolute atomic E-state index is 0.181. The SMILES string of the molecule is O=C(O)C(=O)Nc1ccc2c(=O)n3c(nc2c1)C(=Cc1ccc(C(=O)O)cc1)CC3. The van der Waals surface area contributed by atoms with Crippen molar-refractivity contribution < 1.29 is 24.6 Å². The van der Waals surface area contributed by atoms with Crippen molar-refractivity contribution in [3.8, 4) is 0 Å². The van der Waals surface area contributed by atoms with Gasteiger partial charge in [0.25, 0.3) is 5.56 Å². The zero-order valence-corrected chi connectivity index (χ0v) is 15.5. The Kier molecular flexibility index (Phi) is 4.63. The van der Waals surface area contributed by atoms with Crippen molar-refractivity contribution in [1.29, 1.82) is 0 Å². The van der Waals surface area contributed by atoms with Gasteiger partial charge in [-0.05, 0) is 54.0 Å². The molecule has 150 valence electrons. The summed E-state index contributed by atoms with van der Waals surface area (Å²) in [5, 5.41) is 20.3. The first-order valence-electron chi connectivity index (χ1n) is 8.96. The van der Waals surface area contributed by atoms with Crippen LogP contribution < -0.4 is 10.9 Å². The molecule has 0 bridgehead atoms. The smallest absolute Gasteiger partial charge is 0.394 e. The van der Waals surface area contributed by atoms with E-state index >= 15 is 0 Å². The number of carbonyl (C=O) groups is 3. The van der Waals surface area contributed by atoms with Crippen LogP contribution in [0.3, 0.4) is 0 Å². The lowest BCUT2D eigenvalue weighted by atomic mass is 10.1. The highest BCUT2D eigenvalue weighted by Crippen LogP contribution is 2.28. The van der Waals surface area contributed by atoms with Crippen molar-refractivity contribution in [2.75, 3.05) is 5.32 Å². The largest absolute Gasteiger partial charge is 0.478 e. The van der Waals surface area contributed by atoms with Gasteiger partial charge in [-0.25, -0.2) is 14.6 Å². The first-order valence-corrected chi connectivity index (χ1v) is 8.96. The third kappa shape index (κ3) is 3.44. The summed E-state index contributed by atoms with van der Waals surface area (Å²) in [5.74, 6) is -3.32. The lowest BCUT2D eigenvalue weighted by Crippen LogP contribution is -2.23. The third-order valence-electron chi connectivity index (χ3n) is 4.80. The van der Waals surface area contributed by atoms with E-state index in [0.29, 0.717) is 29.7 Å². The zero-order valence-electron chi connectivity index (χ0n) is 15.5. The molecule has 2 heterocycles. The molecular formula is C21H15N3O6. The molecule has 1 aliphatic heterocycles. The van der Waals surface area contributed by atoms with Crippen LogP contribution in [0.15, 0.2) is 47.3 Å². The Hall–Kier alpha value is -4.27. The van der Waals surface area contributed by atoms with Crippen LogP contribution >= 0.6 is 0 Å². The number of benzene rings is 2. The molecule has 1 aliphatic rings. The molecule has 0 unspecified atom stereocenters. The lowest BCUT2D eigenvalue weighted by Gasteiger charge is -2.08. The number of allylic oxidation sites excluding steroid dienone is 1. The van der Waals surface area contributed by atoms with Crippen LogP contribution in [0.4, 0.5) is 5.69 Å².